The number of benzene rings is 1. The normalized spacial score (nSPS) is 13.8. The van der Waals surface area contributed by atoms with Crippen LogP contribution in [-0.4, -0.2) is 23.2 Å². The largest absolute Gasteiger partial charge is 0.330 e. The maximum atomic E-state index is 12.2. The molecule has 1 aromatic carbocycles. The average Bonchev–Trinajstić information content (AvgIpc) is 2.97. The lowest BCUT2D eigenvalue weighted by Gasteiger charge is -2.15. The van der Waals surface area contributed by atoms with E-state index in [-0.39, 0.29) is 11.7 Å². The third kappa shape index (κ3) is 3.08. The van der Waals surface area contributed by atoms with Crippen LogP contribution in [-0.2, 0) is 12.8 Å². The summed E-state index contributed by atoms with van der Waals surface area (Å²) in [6, 6.07) is 5.52. The van der Waals surface area contributed by atoms with Crippen molar-refractivity contribution >= 4 is 28.7 Å². The van der Waals surface area contributed by atoms with Gasteiger partial charge in [-0.2, -0.15) is 0 Å². The van der Waals surface area contributed by atoms with Crippen molar-refractivity contribution in [3.8, 4) is 0 Å². The zero-order valence-corrected chi connectivity index (χ0v) is 12.9. The molecule has 2 aromatic rings. The van der Waals surface area contributed by atoms with E-state index in [2.05, 4.69) is 10.3 Å². The predicted molar refractivity (Wildman–Crippen MR) is 86.5 cm³/mol. The van der Waals surface area contributed by atoms with Crippen LogP contribution in [0.3, 0.4) is 0 Å². The summed E-state index contributed by atoms with van der Waals surface area (Å²) >= 11 is 1.43. The summed E-state index contributed by atoms with van der Waals surface area (Å²) in [7, 11) is 0. The highest BCUT2D eigenvalue weighted by Crippen LogP contribution is 2.24. The molecule has 114 valence electrons. The van der Waals surface area contributed by atoms with E-state index < -0.39 is 0 Å². The van der Waals surface area contributed by atoms with Crippen molar-refractivity contribution in [1.82, 2.24) is 4.98 Å². The number of aromatic nitrogens is 1. The van der Waals surface area contributed by atoms with Gasteiger partial charge in [-0.05, 0) is 37.1 Å². The molecule has 1 heterocycles. The Balaban J connectivity index is 1.76. The molecular formula is C16H17N3O2S. The number of Topliss-reactive ketones (excluding diaryl/α,β-unsaturated/α-hetero) is 1. The van der Waals surface area contributed by atoms with Gasteiger partial charge in [-0.3, -0.25) is 9.59 Å². The number of carbonyl (C=O) groups is 2. The van der Waals surface area contributed by atoms with Crippen LogP contribution in [0.1, 0.15) is 44.3 Å². The van der Waals surface area contributed by atoms with Crippen molar-refractivity contribution in [2.24, 2.45) is 5.73 Å². The zero-order valence-electron chi connectivity index (χ0n) is 12.1. The van der Waals surface area contributed by atoms with Gasteiger partial charge in [0.15, 0.2) is 5.78 Å². The number of ketones is 1. The van der Waals surface area contributed by atoms with Gasteiger partial charge in [0.25, 0.3) is 5.91 Å². The van der Waals surface area contributed by atoms with E-state index in [1.807, 2.05) is 12.1 Å². The highest BCUT2D eigenvalue weighted by molar-refractivity contribution is 7.09. The number of hydrogen-bond acceptors (Lipinski definition) is 5. The van der Waals surface area contributed by atoms with Gasteiger partial charge < -0.3 is 11.1 Å². The van der Waals surface area contributed by atoms with Crippen molar-refractivity contribution in [2.75, 3.05) is 11.9 Å². The summed E-state index contributed by atoms with van der Waals surface area (Å²) in [6.45, 7) is 0.515. The van der Waals surface area contributed by atoms with Crippen LogP contribution in [0.4, 0.5) is 5.69 Å². The van der Waals surface area contributed by atoms with Crippen molar-refractivity contribution in [2.45, 2.75) is 25.7 Å². The molecule has 6 heteroatoms. The summed E-state index contributed by atoms with van der Waals surface area (Å²) in [6.07, 6.45) is 3.08. The number of fused-ring (bicyclic) bond motifs is 1. The Hall–Kier alpha value is -2.05. The van der Waals surface area contributed by atoms with Gasteiger partial charge in [-0.15, -0.1) is 11.3 Å². The third-order valence-electron chi connectivity index (χ3n) is 3.66. The molecule has 3 N–H and O–H groups in total. The fraction of sp³-hybridized carbons (Fsp3) is 0.312. The van der Waals surface area contributed by atoms with Crippen molar-refractivity contribution in [1.29, 1.82) is 0 Å². The molecule has 0 unspecified atom stereocenters. The van der Waals surface area contributed by atoms with E-state index in [0.29, 0.717) is 30.8 Å². The van der Waals surface area contributed by atoms with Crippen LogP contribution in [0.5, 0.6) is 0 Å². The van der Waals surface area contributed by atoms with E-state index >= 15 is 0 Å². The Kier molecular flexibility index (Phi) is 4.31. The number of rotatable bonds is 4. The minimum Gasteiger partial charge on any atom is -0.330 e. The van der Waals surface area contributed by atoms with Crippen LogP contribution in [0, 0.1) is 0 Å². The molecule has 1 amide bonds. The number of carbonyl (C=O) groups excluding carboxylic acids is 2. The first-order valence-electron chi connectivity index (χ1n) is 7.29. The summed E-state index contributed by atoms with van der Waals surface area (Å²) in [5, 5.41) is 5.39. The van der Waals surface area contributed by atoms with E-state index in [0.717, 1.165) is 29.0 Å². The summed E-state index contributed by atoms with van der Waals surface area (Å²) in [5.41, 5.74) is 8.29. The molecule has 0 fully saturated rings. The molecule has 0 bridgehead atoms. The molecule has 0 spiro atoms. The minimum atomic E-state index is -0.261. The Labute approximate surface area is 132 Å². The van der Waals surface area contributed by atoms with Gasteiger partial charge in [0.1, 0.15) is 5.69 Å². The molecule has 3 rings (SSSR count). The second-order valence-corrected chi connectivity index (χ2v) is 6.21. The van der Waals surface area contributed by atoms with Crippen LogP contribution in [0.15, 0.2) is 23.6 Å². The quantitative estimate of drug-likeness (QED) is 0.907. The van der Waals surface area contributed by atoms with Gasteiger partial charge >= 0.3 is 0 Å². The molecule has 0 saturated carbocycles. The summed E-state index contributed by atoms with van der Waals surface area (Å²) in [4.78, 5) is 28.4. The van der Waals surface area contributed by atoms with Crippen LogP contribution in [0.2, 0.25) is 0 Å². The zero-order chi connectivity index (χ0) is 15.5. The molecule has 0 atom stereocenters. The number of thiazole rings is 1. The number of amides is 1. The topological polar surface area (TPSA) is 85.1 Å². The van der Waals surface area contributed by atoms with E-state index in [1.165, 1.54) is 11.3 Å². The Morgan fingerprint density at radius 3 is 3.05 bits per heavy atom. The number of hydrogen-bond donors (Lipinski definition) is 2. The number of aryl methyl sites for hydroxylation is 1. The first-order valence-corrected chi connectivity index (χ1v) is 8.17. The van der Waals surface area contributed by atoms with Gasteiger partial charge in [0.05, 0.1) is 5.01 Å². The molecule has 22 heavy (non-hydrogen) atoms. The van der Waals surface area contributed by atoms with Crippen molar-refractivity contribution < 1.29 is 9.59 Å². The average molecular weight is 315 g/mol. The second-order valence-electron chi connectivity index (χ2n) is 5.27. The summed E-state index contributed by atoms with van der Waals surface area (Å²) in [5.74, 6) is -0.112. The van der Waals surface area contributed by atoms with Crippen molar-refractivity contribution in [3.63, 3.8) is 0 Å². The number of nitrogens with zero attached hydrogens (tertiary/aromatic N) is 1. The maximum absolute atomic E-state index is 12.2. The van der Waals surface area contributed by atoms with Crippen molar-refractivity contribution in [3.05, 3.63) is 45.4 Å². The molecule has 1 aliphatic carbocycles. The molecule has 1 aromatic heterocycles. The Morgan fingerprint density at radius 1 is 1.36 bits per heavy atom. The SMILES string of the molecule is NCCc1nc(C(=O)Nc2ccc3c(c2)C(=O)CCC3)cs1. The maximum Gasteiger partial charge on any atom is 0.275 e. The monoisotopic (exact) mass is 315 g/mol. The lowest BCUT2D eigenvalue weighted by molar-refractivity contribution is 0.0970. The third-order valence-corrected chi connectivity index (χ3v) is 4.57. The smallest absolute Gasteiger partial charge is 0.275 e. The fourth-order valence-corrected chi connectivity index (χ4v) is 3.35. The van der Waals surface area contributed by atoms with E-state index in [9.17, 15) is 9.59 Å². The molecule has 5 nitrogen and oxygen atoms in total. The summed E-state index contributed by atoms with van der Waals surface area (Å²) < 4.78 is 0. The second kappa shape index (κ2) is 6.37. The minimum absolute atomic E-state index is 0.149. The molecule has 0 saturated heterocycles. The highest BCUT2D eigenvalue weighted by Gasteiger charge is 2.18. The fourth-order valence-electron chi connectivity index (χ4n) is 2.55. The van der Waals surface area contributed by atoms with Crippen LogP contribution < -0.4 is 11.1 Å². The molecular weight excluding hydrogens is 298 g/mol. The number of nitrogens with one attached hydrogen (secondary N) is 1. The first-order chi connectivity index (χ1) is 10.7. The van der Waals surface area contributed by atoms with Crippen LogP contribution >= 0.6 is 11.3 Å². The number of nitrogens with two attached hydrogens (primary N) is 1. The first kappa shape index (κ1) is 14.9. The standard InChI is InChI=1S/C16H17N3O2S/c17-7-6-15-19-13(9-22-15)16(21)18-11-5-4-10-2-1-3-14(20)12(10)8-11/h4-5,8-9H,1-3,6-7,17H2,(H,18,21). The highest BCUT2D eigenvalue weighted by atomic mass is 32.1. The van der Waals surface area contributed by atoms with Gasteiger partial charge in [0.2, 0.25) is 0 Å². The van der Waals surface area contributed by atoms with Gasteiger partial charge in [-0.1, -0.05) is 6.07 Å². The van der Waals surface area contributed by atoms with Gasteiger partial charge in [-0.25, -0.2) is 4.98 Å². The van der Waals surface area contributed by atoms with Gasteiger partial charge in [0, 0.05) is 29.5 Å². The molecule has 0 aliphatic heterocycles. The van der Waals surface area contributed by atoms with E-state index in [1.54, 1.807) is 11.4 Å². The Morgan fingerprint density at radius 2 is 2.23 bits per heavy atom. The van der Waals surface area contributed by atoms with Crippen LogP contribution in [0.25, 0.3) is 0 Å². The molecule has 0 radical (unpaired) electrons. The lowest BCUT2D eigenvalue weighted by atomic mass is 9.90. The molecule has 1 aliphatic rings. The number of anilines is 1. The van der Waals surface area contributed by atoms with E-state index in [4.69, 9.17) is 5.73 Å². The Bertz CT molecular complexity index is 724. The lowest BCUT2D eigenvalue weighted by Crippen LogP contribution is -2.15. The predicted octanol–water partition coefficient (Wildman–Crippen LogP) is 2.42.